The first-order valence-corrected chi connectivity index (χ1v) is 6.54. The van der Waals surface area contributed by atoms with Gasteiger partial charge in [0.05, 0.1) is 6.61 Å². The summed E-state index contributed by atoms with van der Waals surface area (Å²) < 4.78 is 10.1. The average Bonchev–Trinajstić information content (AvgIpc) is 2.35. The smallest absolute Gasteiger partial charge is 0.408 e. The lowest BCUT2D eigenvalue weighted by molar-refractivity contribution is -0.157. The van der Waals surface area contributed by atoms with Crippen LogP contribution in [-0.2, 0) is 14.3 Å². The van der Waals surface area contributed by atoms with Crippen molar-refractivity contribution < 1.29 is 19.1 Å². The third-order valence-corrected chi connectivity index (χ3v) is 2.31. The first kappa shape index (κ1) is 16.0. The second kappa shape index (κ2) is 6.93. The van der Waals surface area contributed by atoms with Gasteiger partial charge in [-0.15, -0.1) is 0 Å². The Morgan fingerprint density at radius 2 is 1.80 bits per heavy atom. The molecule has 0 saturated carbocycles. The van der Waals surface area contributed by atoms with E-state index in [1.165, 1.54) is 0 Å². The predicted molar refractivity (Wildman–Crippen MR) is 75.2 cm³/mol. The molecule has 0 saturated heterocycles. The molecule has 1 aromatic rings. The lowest BCUT2D eigenvalue weighted by Crippen LogP contribution is -2.38. The van der Waals surface area contributed by atoms with E-state index >= 15 is 0 Å². The van der Waals surface area contributed by atoms with Gasteiger partial charge in [-0.05, 0) is 33.3 Å². The molecule has 1 rings (SSSR count). The summed E-state index contributed by atoms with van der Waals surface area (Å²) in [5, 5.41) is 2.52. The molecule has 1 aromatic carbocycles. The summed E-state index contributed by atoms with van der Waals surface area (Å²) >= 11 is 0. The number of esters is 1. The van der Waals surface area contributed by atoms with E-state index in [1.54, 1.807) is 52.0 Å². The standard InChI is InChI=1S/C15H21NO4/c1-5-19-14(18)16-12(11-9-7-6-8-10-11)13(17)20-15(2,3)4/h6-10,12H,5H2,1-4H3,(H,16,18)/t12-/m0/s1. The minimum Gasteiger partial charge on any atom is -0.458 e. The number of rotatable bonds is 4. The molecule has 0 aliphatic rings. The van der Waals surface area contributed by atoms with Crippen molar-refractivity contribution in [3.63, 3.8) is 0 Å². The van der Waals surface area contributed by atoms with Crippen LogP contribution in [-0.4, -0.2) is 24.3 Å². The van der Waals surface area contributed by atoms with Gasteiger partial charge in [0.15, 0.2) is 6.04 Å². The summed E-state index contributed by atoms with van der Waals surface area (Å²) in [5.41, 5.74) is 0.0234. The topological polar surface area (TPSA) is 64.6 Å². The molecule has 0 aliphatic carbocycles. The molecule has 0 spiro atoms. The second-order valence-electron chi connectivity index (χ2n) is 5.24. The van der Waals surface area contributed by atoms with E-state index < -0.39 is 23.7 Å². The number of hydrogen-bond acceptors (Lipinski definition) is 4. The Bertz CT molecular complexity index is 451. The molecule has 0 radical (unpaired) electrons. The maximum Gasteiger partial charge on any atom is 0.408 e. The van der Waals surface area contributed by atoms with Crippen LogP contribution in [0.4, 0.5) is 4.79 Å². The SMILES string of the molecule is CCOC(=O)N[C@H](C(=O)OC(C)(C)C)c1ccccc1. The molecule has 1 amide bonds. The van der Waals surface area contributed by atoms with Gasteiger partial charge in [0.1, 0.15) is 5.60 Å². The van der Waals surface area contributed by atoms with Crippen LogP contribution in [0.5, 0.6) is 0 Å². The van der Waals surface area contributed by atoms with Crippen molar-refractivity contribution >= 4 is 12.1 Å². The Kier molecular flexibility index (Phi) is 5.55. The predicted octanol–water partition coefficient (Wildman–Crippen LogP) is 2.82. The number of carbonyl (C=O) groups is 2. The van der Waals surface area contributed by atoms with Crippen LogP contribution in [0.3, 0.4) is 0 Å². The Hall–Kier alpha value is -2.04. The molecular formula is C15H21NO4. The fourth-order valence-corrected chi connectivity index (χ4v) is 1.58. The summed E-state index contributed by atoms with van der Waals surface area (Å²) in [6.07, 6.45) is -0.646. The van der Waals surface area contributed by atoms with Crippen LogP contribution < -0.4 is 5.32 Å². The molecule has 0 fully saturated rings. The lowest BCUT2D eigenvalue weighted by Gasteiger charge is -2.24. The summed E-state index contributed by atoms with van der Waals surface area (Å²) in [6.45, 7) is 7.26. The highest BCUT2D eigenvalue weighted by molar-refractivity contribution is 5.83. The molecule has 1 N–H and O–H groups in total. The minimum atomic E-state index is -0.880. The van der Waals surface area contributed by atoms with E-state index in [1.807, 2.05) is 6.07 Å². The number of alkyl carbamates (subject to hydrolysis) is 1. The average molecular weight is 279 g/mol. The Labute approximate surface area is 119 Å². The van der Waals surface area contributed by atoms with Crippen molar-refractivity contribution in [3.8, 4) is 0 Å². The monoisotopic (exact) mass is 279 g/mol. The number of ether oxygens (including phenoxy) is 2. The molecule has 0 heterocycles. The van der Waals surface area contributed by atoms with Crippen molar-refractivity contribution in [1.29, 1.82) is 0 Å². The van der Waals surface area contributed by atoms with Gasteiger partial charge in [0.2, 0.25) is 0 Å². The fraction of sp³-hybridized carbons (Fsp3) is 0.467. The van der Waals surface area contributed by atoms with Crippen LogP contribution in [0.2, 0.25) is 0 Å². The van der Waals surface area contributed by atoms with Gasteiger partial charge in [-0.1, -0.05) is 30.3 Å². The molecule has 20 heavy (non-hydrogen) atoms. The molecule has 0 bridgehead atoms. The van der Waals surface area contributed by atoms with E-state index in [0.29, 0.717) is 5.56 Å². The summed E-state index contributed by atoms with van der Waals surface area (Å²) in [7, 11) is 0. The third-order valence-electron chi connectivity index (χ3n) is 2.31. The summed E-state index contributed by atoms with van der Waals surface area (Å²) in [5.74, 6) is -0.517. The molecule has 0 aliphatic heterocycles. The lowest BCUT2D eigenvalue weighted by atomic mass is 10.1. The van der Waals surface area contributed by atoms with E-state index in [-0.39, 0.29) is 6.61 Å². The number of hydrogen-bond donors (Lipinski definition) is 1. The van der Waals surface area contributed by atoms with Gasteiger partial charge < -0.3 is 14.8 Å². The first-order chi connectivity index (χ1) is 9.33. The number of benzene rings is 1. The Morgan fingerprint density at radius 1 is 1.20 bits per heavy atom. The molecular weight excluding hydrogens is 258 g/mol. The van der Waals surface area contributed by atoms with E-state index in [4.69, 9.17) is 9.47 Å². The maximum atomic E-state index is 12.2. The van der Waals surface area contributed by atoms with E-state index in [0.717, 1.165) is 0 Å². The minimum absolute atomic E-state index is 0.238. The fourth-order valence-electron chi connectivity index (χ4n) is 1.58. The van der Waals surface area contributed by atoms with Crippen LogP contribution in [0.1, 0.15) is 39.3 Å². The molecule has 5 heteroatoms. The van der Waals surface area contributed by atoms with Crippen LogP contribution >= 0.6 is 0 Å². The molecule has 0 unspecified atom stereocenters. The van der Waals surface area contributed by atoms with Gasteiger partial charge in [-0.3, -0.25) is 0 Å². The summed E-state index contributed by atoms with van der Waals surface area (Å²) in [4.78, 5) is 23.8. The molecule has 110 valence electrons. The largest absolute Gasteiger partial charge is 0.458 e. The van der Waals surface area contributed by atoms with Crippen LogP contribution in [0, 0.1) is 0 Å². The number of nitrogens with one attached hydrogen (secondary N) is 1. The highest BCUT2D eigenvalue weighted by Crippen LogP contribution is 2.18. The maximum absolute atomic E-state index is 12.2. The zero-order chi connectivity index (χ0) is 15.2. The van der Waals surface area contributed by atoms with Crippen molar-refractivity contribution in [2.24, 2.45) is 0 Å². The van der Waals surface area contributed by atoms with Crippen LogP contribution in [0.15, 0.2) is 30.3 Å². The zero-order valence-corrected chi connectivity index (χ0v) is 12.3. The quantitative estimate of drug-likeness (QED) is 0.861. The Morgan fingerprint density at radius 3 is 2.30 bits per heavy atom. The molecule has 1 atom stereocenters. The third kappa shape index (κ3) is 5.30. The van der Waals surface area contributed by atoms with E-state index in [2.05, 4.69) is 5.32 Å². The van der Waals surface area contributed by atoms with Gasteiger partial charge in [-0.2, -0.15) is 0 Å². The van der Waals surface area contributed by atoms with Crippen molar-refractivity contribution in [1.82, 2.24) is 5.32 Å². The van der Waals surface area contributed by atoms with Gasteiger partial charge in [0.25, 0.3) is 0 Å². The molecule has 0 aromatic heterocycles. The number of amides is 1. The van der Waals surface area contributed by atoms with E-state index in [9.17, 15) is 9.59 Å². The van der Waals surface area contributed by atoms with Gasteiger partial charge in [-0.25, -0.2) is 9.59 Å². The summed E-state index contributed by atoms with van der Waals surface area (Å²) in [6, 6.07) is 8.04. The highest BCUT2D eigenvalue weighted by atomic mass is 16.6. The zero-order valence-electron chi connectivity index (χ0n) is 12.3. The van der Waals surface area contributed by atoms with Crippen molar-refractivity contribution in [3.05, 3.63) is 35.9 Å². The van der Waals surface area contributed by atoms with Gasteiger partial charge >= 0.3 is 12.1 Å². The normalized spacial score (nSPS) is 12.4. The van der Waals surface area contributed by atoms with Crippen molar-refractivity contribution in [2.75, 3.05) is 6.61 Å². The second-order valence-corrected chi connectivity index (χ2v) is 5.24. The highest BCUT2D eigenvalue weighted by Gasteiger charge is 2.28. The first-order valence-electron chi connectivity index (χ1n) is 6.54. The number of carbonyl (C=O) groups excluding carboxylic acids is 2. The van der Waals surface area contributed by atoms with Crippen LogP contribution in [0.25, 0.3) is 0 Å². The van der Waals surface area contributed by atoms with Gasteiger partial charge in [0, 0.05) is 0 Å². The molecule has 5 nitrogen and oxygen atoms in total. The van der Waals surface area contributed by atoms with Crippen molar-refractivity contribution in [2.45, 2.75) is 39.3 Å². The Balaban J connectivity index is 2.90.